The Labute approximate surface area is 282 Å². The number of carboxylic acid groups (broad SMARTS) is 1. The van der Waals surface area contributed by atoms with Gasteiger partial charge in [-0.3, -0.25) is 19.2 Å². The first-order chi connectivity index (χ1) is 23.2. The molecule has 7 N–H and O–H groups in total. The number of likely N-dealkylation sites (tertiary alicyclic amines) is 1. The number of hydrogen-bond acceptors (Lipinski definition) is 11. The molecule has 1 heterocycles. The van der Waals surface area contributed by atoms with Crippen molar-refractivity contribution in [3.05, 3.63) is 46.0 Å². The average molecular weight is 693 g/mol. The minimum Gasteiger partial charge on any atom is -0.480 e. The van der Waals surface area contributed by atoms with Crippen LogP contribution in [0.1, 0.15) is 57.9 Å². The summed E-state index contributed by atoms with van der Waals surface area (Å²) in [6.45, 7) is 3.53. The Bertz CT molecular complexity index is 1360. The average Bonchev–Trinajstić information content (AvgIpc) is 3.54. The van der Waals surface area contributed by atoms with Gasteiger partial charge in [-0.15, -0.1) is 0 Å². The highest BCUT2D eigenvalue weighted by Crippen LogP contribution is 2.20. The van der Waals surface area contributed by atoms with Gasteiger partial charge in [0.2, 0.25) is 17.7 Å². The second kappa shape index (κ2) is 20.0. The van der Waals surface area contributed by atoms with Crippen LogP contribution in [0.5, 0.6) is 0 Å². The summed E-state index contributed by atoms with van der Waals surface area (Å²) < 4.78 is 9.84. The van der Waals surface area contributed by atoms with Crippen LogP contribution >= 0.6 is 0 Å². The standard InChI is InChI=1S/C30H44N8O11/c1-18(2)15-21(34-26(41)22(16-24(39)48-3)35-30(45)49-17-19-9-5-4-6-10-19)25(40)33-20(11-7-13-32-29(31)36-38(46)47)27(42)37-14-8-12-23(37)28(43)44/h4-6,9-10,18,20-23H,7-8,11-17H2,1-3H3,(H,33,40)(H,34,41)(H,35,45)(H,43,44)(H3,31,32,36)/t20-,21-,22-,23-/m0/s1. The third-order valence-electron chi connectivity index (χ3n) is 7.33. The van der Waals surface area contributed by atoms with Gasteiger partial charge in [-0.05, 0) is 43.6 Å². The molecule has 1 aromatic carbocycles. The van der Waals surface area contributed by atoms with Crippen molar-refractivity contribution in [1.29, 1.82) is 0 Å². The lowest BCUT2D eigenvalue weighted by atomic mass is 10.0. The van der Waals surface area contributed by atoms with Crippen molar-refractivity contribution in [3.8, 4) is 0 Å². The van der Waals surface area contributed by atoms with Gasteiger partial charge in [-0.2, -0.15) is 0 Å². The molecule has 1 aromatic rings. The lowest BCUT2D eigenvalue weighted by Crippen LogP contribution is -2.58. The van der Waals surface area contributed by atoms with E-state index in [1.807, 2.05) is 0 Å². The summed E-state index contributed by atoms with van der Waals surface area (Å²) >= 11 is 0. The number of alkyl carbamates (subject to hydrolysis) is 1. The number of nitro groups is 1. The molecule has 49 heavy (non-hydrogen) atoms. The molecule has 4 atom stereocenters. The summed E-state index contributed by atoms with van der Waals surface area (Å²) in [6, 6.07) is 3.63. The number of nitrogens with one attached hydrogen (secondary N) is 4. The van der Waals surface area contributed by atoms with Crippen molar-refractivity contribution >= 4 is 41.7 Å². The van der Waals surface area contributed by atoms with Crippen LogP contribution in [0.2, 0.25) is 0 Å². The Morgan fingerprint density at radius 1 is 1.06 bits per heavy atom. The molecular weight excluding hydrogens is 648 g/mol. The number of carbonyl (C=O) groups is 6. The van der Waals surface area contributed by atoms with Crippen LogP contribution in [0.4, 0.5) is 4.79 Å². The second-order valence-corrected chi connectivity index (χ2v) is 11.6. The molecule has 270 valence electrons. The Morgan fingerprint density at radius 3 is 2.33 bits per heavy atom. The summed E-state index contributed by atoms with van der Waals surface area (Å²) in [6.07, 6.45) is -0.783. The predicted molar refractivity (Wildman–Crippen MR) is 172 cm³/mol. The summed E-state index contributed by atoms with van der Waals surface area (Å²) in [7, 11) is 1.10. The molecule has 0 aliphatic carbocycles. The fourth-order valence-corrected chi connectivity index (χ4v) is 4.98. The summed E-state index contributed by atoms with van der Waals surface area (Å²) in [5.74, 6) is -5.01. The highest BCUT2D eigenvalue weighted by molar-refractivity contribution is 5.96. The zero-order chi connectivity index (χ0) is 36.5. The Balaban J connectivity index is 2.23. The molecule has 1 fully saturated rings. The van der Waals surface area contributed by atoms with Gasteiger partial charge in [0, 0.05) is 13.1 Å². The number of guanidine groups is 1. The van der Waals surface area contributed by atoms with Crippen molar-refractivity contribution in [3.63, 3.8) is 0 Å². The molecule has 0 aromatic heterocycles. The second-order valence-electron chi connectivity index (χ2n) is 11.6. The Kier molecular flexibility index (Phi) is 16.2. The van der Waals surface area contributed by atoms with E-state index in [1.54, 1.807) is 49.6 Å². The van der Waals surface area contributed by atoms with E-state index in [0.717, 1.165) is 12.0 Å². The van der Waals surface area contributed by atoms with Crippen LogP contribution in [-0.2, 0) is 40.1 Å². The molecule has 1 aliphatic heterocycles. The van der Waals surface area contributed by atoms with Crippen molar-refractivity contribution in [2.24, 2.45) is 16.6 Å². The van der Waals surface area contributed by atoms with E-state index in [-0.39, 0.29) is 51.3 Å². The monoisotopic (exact) mass is 692 g/mol. The number of nitrogens with zero attached hydrogens (tertiary/aromatic N) is 3. The number of esters is 1. The normalized spacial score (nSPS) is 16.1. The largest absolute Gasteiger partial charge is 0.480 e. The number of rotatable bonds is 18. The third-order valence-corrected chi connectivity index (χ3v) is 7.33. The van der Waals surface area contributed by atoms with E-state index in [9.17, 15) is 44.0 Å². The fourth-order valence-electron chi connectivity index (χ4n) is 4.98. The molecule has 0 unspecified atom stereocenters. The molecule has 1 saturated heterocycles. The molecule has 4 amide bonds. The highest BCUT2D eigenvalue weighted by atomic mass is 16.7. The van der Waals surface area contributed by atoms with Gasteiger partial charge in [-0.25, -0.2) is 24.7 Å². The van der Waals surface area contributed by atoms with Crippen LogP contribution in [0, 0.1) is 16.0 Å². The van der Waals surface area contributed by atoms with Crippen molar-refractivity contribution in [2.45, 2.75) is 83.1 Å². The number of aliphatic carboxylic acids is 1. The number of carbonyl (C=O) groups excluding carboxylic acids is 5. The number of ether oxygens (including phenoxy) is 2. The molecule has 0 spiro atoms. The van der Waals surface area contributed by atoms with E-state index in [4.69, 9.17) is 10.5 Å². The Morgan fingerprint density at radius 2 is 1.71 bits per heavy atom. The van der Waals surface area contributed by atoms with Crippen LogP contribution in [0.15, 0.2) is 35.3 Å². The van der Waals surface area contributed by atoms with E-state index < -0.39 is 77.3 Å². The van der Waals surface area contributed by atoms with Gasteiger partial charge in [0.15, 0.2) is 5.03 Å². The molecule has 0 bridgehead atoms. The number of aliphatic imine (C=N–C) groups is 1. The maximum atomic E-state index is 13.7. The SMILES string of the molecule is COC(=O)C[C@H](NC(=O)OCc1ccccc1)C(=O)N[C@@H](CC(C)C)C(=O)N[C@@H](CCCN=C(N)N[N+](=O)[O-])C(=O)N1CCC[C@H]1C(=O)O. The van der Waals surface area contributed by atoms with Gasteiger partial charge in [0.25, 0.3) is 5.96 Å². The Hall–Kier alpha value is -5.49. The molecular formula is C30H44N8O11. The number of hydrazine groups is 1. The number of carboxylic acids is 1. The maximum absolute atomic E-state index is 13.7. The zero-order valence-corrected chi connectivity index (χ0v) is 27.6. The van der Waals surface area contributed by atoms with Gasteiger partial charge < -0.3 is 41.2 Å². The van der Waals surface area contributed by atoms with Crippen LogP contribution in [-0.4, -0.2) is 101 Å². The molecule has 1 aliphatic rings. The minimum absolute atomic E-state index is 0.0508. The zero-order valence-electron chi connectivity index (χ0n) is 27.6. The number of hydrogen-bond donors (Lipinski definition) is 6. The molecule has 2 rings (SSSR count). The van der Waals surface area contributed by atoms with E-state index >= 15 is 0 Å². The van der Waals surface area contributed by atoms with Gasteiger partial charge >= 0.3 is 18.0 Å². The summed E-state index contributed by atoms with van der Waals surface area (Å²) in [5, 5.41) is 26.8. The van der Waals surface area contributed by atoms with Crippen molar-refractivity contribution in [2.75, 3.05) is 20.2 Å². The maximum Gasteiger partial charge on any atom is 0.408 e. The molecule has 0 radical (unpaired) electrons. The number of nitrogens with two attached hydrogens (primary N) is 1. The van der Waals surface area contributed by atoms with E-state index in [0.29, 0.717) is 12.0 Å². The number of amides is 4. The highest BCUT2D eigenvalue weighted by Gasteiger charge is 2.38. The van der Waals surface area contributed by atoms with Gasteiger partial charge in [-0.1, -0.05) is 49.6 Å². The predicted octanol–water partition coefficient (Wildman–Crippen LogP) is -0.188. The lowest BCUT2D eigenvalue weighted by molar-refractivity contribution is -0.525. The molecule has 19 nitrogen and oxygen atoms in total. The van der Waals surface area contributed by atoms with E-state index in [1.165, 1.54) is 0 Å². The van der Waals surface area contributed by atoms with Crippen molar-refractivity contribution in [1.82, 2.24) is 26.3 Å². The lowest BCUT2D eigenvalue weighted by Gasteiger charge is -2.29. The first-order valence-electron chi connectivity index (χ1n) is 15.6. The molecule has 19 heteroatoms. The quantitative estimate of drug-likeness (QED) is 0.0291. The first-order valence-corrected chi connectivity index (χ1v) is 15.6. The van der Waals surface area contributed by atoms with Crippen LogP contribution < -0.4 is 27.1 Å². The third kappa shape index (κ3) is 14.0. The summed E-state index contributed by atoms with van der Waals surface area (Å²) in [4.78, 5) is 92.6. The van der Waals surface area contributed by atoms with Gasteiger partial charge in [0.05, 0.1) is 13.5 Å². The van der Waals surface area contributed by atoms with Gasteiger partial charge in [0.1, 0.15) is 30.8 Å². The van der Waals surface area contributed by atoms with Crippen LogP contribution in [0.25, 0.3) is 0 Å². The van der Waals surface area contributed by atoms with E-state index in [2.05, 4.69) is 25.7 Å². The smallest absolute Gasteiger partial charge is 0.408 e. The topological polar surface area (TPSA) is 274 Å². The van der Waals surface area contributed by atoms with Crippen molar-refractivity contribution < 1.29 is 48.4 Å². The number of methoxy groups -OCH3 is 1. The summed E-state index contributed by atoms with van der Waals surface area (Å²) in [5.41, 5.74) is 7.80. The number of benzene rings is 1. The minimum atomic E-state index is -1.49. The fraction of sp³-hybridized carbons (Fsp3) is 0.567. The molecule has 0 saturated carbocycles. The first kappa shape index (κ1) is 39.7. The van der Waals surface area contributed by atoms with Crippen LogP contribution in [0.3, 0.4) is 0 Å².